The van der Waals surface area contributed by atoms with Crippen molar-refractivity contribution in [1.29, 1.82) is 0 Å². The number of benzene rings is 1. The molecule has 0 atom stereocenters. The number of amides is 1. The van der Waals surface area contributed by atoms with E-state index in [1.54, 1.807) is 29.3 Å². The molecule has 0 saturated carbocycles. The number of halogens is 1. The lowest BCUT2D eigenvalue weighted by Crippen LogP contribution is -2.38. The van der Waals surface area contributed by atoms with Crippen LogP contribution in [0.4, 0.5) is 21.7 Å². The number of nitrogens with zero attached hydrogens (tertiary/aromatic N) is 7. The Morgan fingerprint density at radius 1 is 1.21 bits per heavy atom. The quantitative estimate of drug-likeness (QED) is 0.437. The zero-order chi connectivity index (χ0) is 24.0. The predicted octanol–water partition coefficient (Wildman–Crippen LogP) is 2.97. The molecule has 3 aromatic heterocycles. The van der Waals surface area contributed by atoms with E-state index in [-0.39, 0.29) is 29.7 Å². The molecule has 4 heterocycles. The van der Waals surface area contributed by atoms with Crippen molar-refractivity contribution in [3.63, 3.8) is 0 Å². The van der Waals surface area contributed by atoms with E-state index in [0.29, 0.717) is 47.8 Å². The van der Waals surface area contributed by atoms with Gasteiger partial charge in [0.05, 0.1) is 23.9 Å². The molecule has 176 valence electrons. The molecule has 10 nitrogen and oxygen atoms in total. The summed E-state index contributed by atoms with van der Waals surface area (Å²) in [5, 5.41) is 16.6. The second-order valence-corrected chi connectivity index (χ2v) is 8.62. The van der Waals surface area contributed by atoms with Crippen molar-refractivity contribution < 1.29 is 9.18 Å². The summed E-state index contributed by atoms with van der Waals surface area (Å²) >= 11 is 0. The maximum absolute atomic E-state index is 15.0. The minimum absolute atomic E-state index is 0.0465. The number of hydrogen-bond donors (Lipinski definition) is 2. The number of imidazole rings is 1. The number of carbonyl (C=O) groups excluding carboxylic acids is 1. The number of nitrogens with two attached hydrogens (primary N) is 1. The molecule has 34 heavy (non-hydrogen) atoms. The van der Waals surface area contributed by atoms with Gasteiger partial charge >= 0.3 is 0 Å². The van der Waals surface area contributed by atoms with Crippen LogP contribution in [0.2, 0.25) is 0 Å². The van der Waals surface area contributed by atoms with E-state index in [9.17, 15) is 4.79 Å². The smallest absolute Gasteiger partial charge is 0.244 e. The Kier molecular flexibility index (Phi) is 5.39. The molecule has 1 aliphatic heterocycles. The van der Waals surface area contributed by atoms with Crippen LogP contribution in [0.25, 0.3) is 22.2 Å². The van der Waals surface area contributed by atoms with E-state index in [4.69, 9.17) is 5.73 Å². The number of rotatable bonds is 5. The second-order valence-electron chi connectivity index (χ2n) is 8.62. The van der Waals surface area contributed by atoms with Crippen molar-refractivity contribution >= 4 is 34.1 Å². The molecule has 3 N–H and O–H groups in total. The summed E-state index contributed by atoms with van der Waals surface area (Å²) in [6, 6.07) is 5.52. The summed E-state index contributed by atoms with van der Waals surface area (Å²) in [6.07, 6.45) is 3.98. The van der Waals surface area contributed by atoms with Gasteiger partial charge in [-0.15, -0.1) is 10.2 Å². The Balaban J connectivity index is 1.46. The molecule has 1 aliphatic rings. The van der Waals surface area contributed by atoms with Crippen LogP contribution in [-0.2, 0) is 24.3 Å². The van der Waals surface area contributed by atoms with Gasteiger partial charge in [-0.25, -0.2) is 9.37 Å². The zero-order valence-corrected chi connectivity index (χ0v) is 19.3. The van der Waals surface area contributed by atoms with Crippen molar-refractivity contribution in [2.45, 2.75) is 46.3 Å². The highest BCUT2D eigenvalue weighted by atomic mass is 19.1. The molecule has 0 radical (unpaired) electrons. The number of aryl methyl sites for hydroxylation is 1. The number of carbonyl (C=O) groups is 1. The van der Waals surface area contributed by atoms with Crippen LogP contribution in [-0.4, -0.2) is 52.9 Å². The van der Waals surface area contributed by atoms with Crippen LogP contribution in [0.15, 0.2) is 30.7 Å². The van der Waals surface area contributed by atoms with E-state index in [1.165, 1.54) is 0 Å². The van der Waals surface area contributed by atoms with Crippen LogP contribution in [0, 0.1) is 5.82 Å². The molecule has 0 fully saturated rings. The fourth-order valence-electron chi connectivity index (χ4n) is 4.35. The van der Waals surface area contributed by atoms with Crippen LogP contribution in [0.3, 0.4) is 0 Å². The van der Waals surface area contributed by atoms with Crippen LogP contribution < -0.4 is 11.1 Å². The van der Waals surface area contributed by atoms with Gasteiger partial charge in [0.2, 0.25) is 5.91 Å². The number of aromatic nitrogens is 6. The van der Waals surface area contributed by atoms with Crippen molar-refractivity contribution in [2.24, 2.45) is 0 Å². The monoisotopic (exact) mass is 463 g/mol. The second kappa shape index (κ2) is 8.40. The average molecular weight is 464 g/mol. The third kappa shape index (κ3) is 3.72. The molecule has 0 aliphatic carbocycles. The first-order chi connectivity index (χ1) is 16.4. The minimum Gasteiger partial charge on any atom is -0.395 e. The summed E-state index contributed by atoms with van der Waals surface area (Å²) in [7, 11) is 0. The van der Waals surface area contributed by atoms with Crippen LogP contribution in [0.5, 0.6) is 0 Å². The van der Waals surface area contributed by atoms with Gasteiger partial charge in [0.15, 0.2) is 17.5 Å². The average Bonchev–Trinajstić information content (AvgIpc) is 3.39. The Morgan fingerprint density at radius 3 is 2.79 bits per heavy atom. The Labute approximate surface area is 195 Å². The lowest BCUT2D eigenvalue weighted by atomic mass is 10.1. The summed E-state index contributed by atoms with van der Waals surface area (Å²) in [5.41, 5.74) is 8.25. The maximum Gasteiger partial charge on any atom is 0.244 e. The number of nitrogens with one attached hydrogen (secondary N) is 1. The normalized spacial score (nSPS) is 14.0. The molecule has 0 spiro atoms. The standard InChI is InChI=1S/C23H26FN9O/c1-4-31-12-26-10-17(31)16-7-14-8-18(28-29-23(14)22(25)21(16)24)27-19-9-15-5-6-32(13(2)3)20(34)11-33(15)30-19/h7-10,12-13H,4-6,11,25H2,1-3H3,(H,27,28,30). The summed E-state index contributed by atoms with van der Waals surface area (Å²) < 4.78 is 18.6. The minimum atomic E-state index is -0.546. The molecule has 4 aromatic rings. The molecule has 1 amide bonds. The van der Waals surface area contributed by atoms with Gasteiger partial charge in [0.25, 0.3) is 0 Å². The van der Waals surface area contributed by atoms with Gasteiger partial charge in [-0.2, -0.15) is 5.10 Å². The van der Waals surface area contributed by atoms with Crippen LogP contribution >= 0.6 is 0 Å². The first-order valence-corrected chi connectivity index (χ1v) is 11.2. The van der Waals surface area contributed by atoms with Gasteiger partial charge in [-0.05, 0) is 32.9 Å². The van der Waals surface area contributed by atoms with Gasteiger partial charge in [-0.1, -0.05) is 0 Å². The van der Waals surface area contributed by atoms with Gasteiger partial charge in [0, 0.05) is 48.3 Å². The number of nitrogen functional groups attached to an aromatic ring is 1. The number of hydrogen-bond acceptors (Lipinski definition) is 7. The predicted molar refractivity (Wildman–Crippen MR) is 127 cm³/mol. The fourth-order valence-corrected chi connectivity index (χ4v) is 4.35. The Morgan fingerprint density at radius 2 is 2.03 bits per heavy atom. The number of fused-ring (bicyclic) bond motifs is 2. The first kappa shape index (κ1) is 21.8. The van der Waals surface area contributed by atoms with Crippen molar-refractivity contribution in [2.75, 3.05) is 17.6 Å². The van der Waals surface area contributed by atoms with E-state index in [1.807, 2.05) is 36.3 Å². The zero-order valence-electron chi connectivity index (χ0n) is 19.3. The molecule has 5 rings (SSSR count). The van der Waals surface area contributed by atoms with Gasteiger partial charge in [-0.3, -0.25) is 9.48 Å². The topological polar surface area (TPSA) is 120 Å². The highest BCUT2D eigenvalue weighted by molar-refractivity contribution is 5.95. The molecule has 1 aromatic carbocycles. The third-order valence-electron chi connectivity index (χ3n) is 6.14. The lowest BCUT2D eigenvalue weighted by Gasteiger charge is -2.24. The molecule has 0 unspecified atom stereocenters. The van der Waals surface area contributed by atoms with E-state index >= 15 is 4.39 Å². The molecular formula is C23H26FN9O. The fraction of sp³-hybridized carbons (Fsp3) is 0.348. The molecular weight excluding hydrogens is 437 g/mol. The van der Waals surface area contributed by atoms with Gasteiger partial charge < -0.3 is 20.5 Å². The first-order valence-electron chi connectivity index (χ1n) is 11.2. The Hall–Kier alpha value is -4.02. The van der Waals surface area contributed by atoms with E-state index in [0.717, 1.165) is 5.69 Å². The summed E-state index contributed by atoms with van der Waals surface area (Å²) in [6.45, 7) is 7.48. The Bertz CT molecular complexity index is 1390. The van der Waals surface area contributed by atoms with Gasteiger partial charge in [0.1, 0.15) is 12.1 Å². The third-order valence-corrected chi connectivity index (χ3v) is 6.14. The van der Waals surface area contributed by atoms with Crippen molar-refractivity contribution in [1.82, 2.24) is 34.4 Å². The van der Waals surface area contributed by atoms with Crippen LogP contribution in [0.1, 0.15) is 26.5 Å². The van der Waals surface area contributed by atoms with E-state index in [2.05, 4.69) is 25.6 Å². The van der Waals surface area contributed by atoms with Crippen molar-refractivity contribution in [3.05, 3.63) is 42.2 Å². The lowest BCUT2D eigenvalue weighted by molar-refractivity contribution is -0.133. The highest BCUT2D eigenvalue weighted by Crippen LogP contribution is 2.33. The van der Waals surface area contributed by atoms with Crippen molar-refractivity contribution in [3.8, 4) is 11.3 Å². The molecule has 0 saturated heterocycles. The summed E-state index contributed by atoms with van der Waals surface area (Å²) in [4.78, 5) is 18.5. The highest BCUT2D eigenvalue weighted by Gasteiger charge is 2.24. The largest absolute Gasteiger partial charge is 0.395 e. The SMILES string of the molecule is CCn1cncc1-c1cc2cc(Nc3cc4n(n3)CC(=O)N(C(C)C)CC4)nnc2c(N)c1F. The molecule has 0 bridgehead atoms. The summed E-state index contributed by atoms with van der Waals surface area (Å²) in [5.74, 6) is 0.506. The molecule has 11 heteroatoms. The van der Waals surface area contributed by atoms with E-state index < -0.39 is 5.82 Å². The number of anilines is 3. The maximum atomic E-state index is 15.0.